The standard InChI is InChI=1S/C14H14N4O/c1-8-5-12(18-14(15-2)16-8)9-3-4-11-10(6-9)7-13(19)17-11/h3-6H,7H2,1-2H3,(H,17,19)(H,15,16,18). The molecule has 0 saturated heterocycles. The number of benzene rings is 1. The molecule has 2 N–H and O–H groups in total. The monoisotopic (exact) mass is 254 g/mol. The zero-order chi connectivity index (χ0) is 13.4. The van der Waals surface area contributed by atoms with Crippen LogP contribution in [0.15, 0.2) is 24.3 Å². The predicted molar refractivity (Wildman–Crippen MR) is 74.1 cm³/mol. The number of aryl methyl sites for hydroxylation is 1. The highest BCUT2D eigenvalue weighted by Gasteiger charge is 2.18. The molecule has 0 bridgehead atoms. The first-order valence-electron chi connectivity index (χ1n) is 6.12. The Balaban J connectivity index is 2.06. The molecule has 0 unspecified atom stereocenters. The lowest BCUT2D eigenvalue weighted by Gasteiger charge is -2.07. The van der Waals surface area contributed by atoms with Crippen LogP contribution in [0.4, 0.5) is 11.6 Å². The van der Waals surface area contributed by atoms with E-state index in [1.807, 2.05) is 31.2 Å². The SMILES string of the molecule is CNc1nc(C)cc(-c2ccc3c(c2)CC(=O)N3)n1. The number of nitrogens with zero attached hydrogens (tertiary/aromatic N) is 2. The summed E-state index contributed by atoms with van der Waals surface area (Å²) < 4.78 is 0. The second-order valence-electron chi connectivity index (χ2n) is 4.57. The summed E-state index contributed by atoms with van der Waals surface area (Å²) >= 11 is 0. The quantitative estimate of drug-likeness (QED) is 0.860. The van der Waals surface area contributed by atoms with Crippen LogP contribution in [0.1, 0.15) is 11.3 Å². The van der Waals surface area contributed by atoms with Crippen LogP contribution in [-0.2, 0) is 11.2 Å². The summed E-state index contributed by atoms with van der Waals surface area (Å²) in [4.78, 5) is 20.1. The van der Waals surface area contributed by atoms with Gasteiger partial charge in [-0.1, -0.05) is 6.07 Å². The number of hydrogen-bond acceptors (Lipinski definition) is 4. The molecule has 2 aromatic rings. The zero-order valence-electron chi connectivity index (χ0n) is 10.8. The third-order valence-corrected chi connectivity index (χ3v) is 3.10. The van der Waals surface area contributed by atoms with Crippen molar-refractivity contribution in [1.82, 2.24) is 9.97 Å². The number of aromatic nitrogens is 2. The first-order chi connectivity index (χ1) is 9.15. The Morgan fingerprint density at radius 3 is 2.89 bits per heavy atom. The average Bonchev–Trinajstić information content (AvgIpc) is 2.76. The number of nitrogens with one attached hydrogen (secondary N) is 2. The molecule has 0 atom stereocenters. The summed E-state index contributed by atoms with van der Waals surface area (Å²) in [6, 6.07) is 7.83. The lowest BCUT2D eigenvalue weighted by atomic mass is 10.1. The summed E-state index contributed by atoms with van der Waals surface area (Å²) in [6.07, 6.45) is 0.437. The van der Waals surface area contributed by atoms with Crippen LogP contribution in [0, 0.1) is 6.92 Å². The number of fused-ring (bicyclic) bond motifs is 1. The zero-order valence-corrected chi connectivity index (χ0v) is 10.8. The van der Waals surface area contributed by atoms with E-state index < -0.39 is 0 Å². The van der Waals surface area contributed by atoms with Crippen LogP contribution in [0.2, 0.25) is 0 Å². The lowest BCUT2D eigenvalue weighted by molar-refractivity contribution is -0.115. The fourth-order valence-electron chi connectivity index (χ4n) is 2.22. The molecule has 1 amide bonds. The number of rotatable bonds is 2. The smallest absolute Gasteiger partial charge is 0.228 e. The first-order valence-corrected chi connectivity index (χ1v) is 6.12. The molecule has 1 aromatic heterocycles. The van der Waals surface area contributed by atoms with E-state index in [2.05, 4.69) is 20.6 Å². The van der Waals surface area contributed by atoms with Crippen molar-refractivity contribution in [3.63, 3.8) is 0 Å². The summed E-state index contributed by atoms with van der Waals surface area (Å²) in [5, 5.41) is 5.77. The van der Waals surface area contributed by atoms with Crippen LogP contribution in [0.25, 0.3) is 11.3 Å². The maximum absolute atomic E-state index is 11.4. The normalized spacial score (nSPS) is 13.1. The van der Waals surface area contributed by atoms with Crippen LogP contribution < -0.4 is 10.6 Å². The molecule has 5 nitrogen and oxygen atoms in total. The minimum absolute atomic E-state index is 0.0435. The maximum Gasteiger partial charge on any atom is 0.228 e. The van der Waals surface area contributed by atoms with Crippen LogP contribution in [-0.4, -0.2) is 22.9 Å². The van der Waals surface area contributed by atoms with Gasteiger partial charge in [-0.2, -0.15) is 0 Å². The Bertz CT molecular complexity index is 666. The molecule has 0 saturated carbocycles. The van der Waals surface area contributed by atoms with Crippen molar-refractivity contribution in [1.29, 1.82) is 0 Å². The van der Waals surface area contributed by atoms with Gasteiger partial charge in [0.2, 0.25) is 11.9 Å². The van der Waals surface area contributed by atoms with Crippen molar-refractivity contribution in [2.45, 2.75) is 13.3 Å². The fourth-order valence-corrected chi connectivity index (χ4v) is 2.22. The third kappa shape index (κ3) is 2.14. The minimum Gasteiger partial charge on any atom is -0.357 e. The van der Waals surface area contributed by atoms with Gasteiger partial charge in [-0.3, -0.25) is 4.79 Å². The molecule has 0 fully saturated rings. The van der Waals surface area contributed by atoms with E-state index in [-0.39, 0.29) is 5.91 Å². The Kier molecular flexibility index (Phi) is 2.67. The highest BCUT2D eigenvalue weighted by Crippen LogP contribution is 2.28. The molecule has 1 aromatic carbocycles. The highest BCUT2D eigenvalue weighted by molar-refractivity contribution is 5.99. The van der Waals surface area contributed by atoms with E-state index in [4.69, 9.17) is 0 Å². The Hall–Kier alpha value is -2.43. The van der Waals surface area contributed by atoms with E-state index >= 15 is 0 Å². The fraction of sp³-hybridized carbons (Fsp3) is 0.214. The molecule has 3 rings (SSSR count). The molecular formula is C14H14N4O. The van der Waals surface area contributed by atoms with E-state index in [0.717, 1.165) is 28.2 Å². The Morgan fingerprint density at radius 1 is 1.26 bits per heavy atom. The van der Waals surface area contributed by atoms with Crippen LogP contribution >= 0.6 is 0 Å². The van der Waals surface area contributed by atoms with E-state index in [9.17, 15) is 4.79 Å². The number of anilines is 2. The highest BCUT2D eigenvalue weighted by atomic mass is 16.1. The Labute approximate surface area is 111 Å². The number of carbonyl (C=O) groups is 1. The van der Waals surface area contributed by atoms with Crippen molar-refractivity contribution in [3.05, 3.63) is 35.5 Å². The second kappa shape index (κ2) is 4.35. The summed E-state index contributed by atoms with van der Waals surface area (Å²) in [6.45, 7) is 1.93. The van der Waals surface area contributed by atoms with Gasteiger partial charge in [-0.05, 0) is 30.7 Å². The molecule has 0 radical (unpaired) electrons. The second-order valence-corrected chi connectivity index (χ2v) is 4.57. The topological polar surface area (TPSA) is 66.9 Å². The predicted octanol–water partition coefficient (Wildman–Crippen LogP) is 1.99. The molecule has 1 aliphatic rings. The Morgan fingerprint density at radius 2 is 2.11 bits per heavy atom. The van der Waals surface area contributed by atoms with E-state index in [1.165, 1.54) is 0 Å². The van der Waals surface area contributed by atoms with Gasteiger partial charge in [0, 0.05) is 24.0 Å². The van der Waals surface area contributed by atoms with Gasteiger partial charge in [-0.25, -0.2) is 9.97 Å². The minimum atomic E-state index is 0.0435. The molecule has 0 spiro atoms. The maximum atomic E-state index is 11.4. The number of hydrogen-bond donors (Lipinski definition) is 2. The van der Waals surface area contributed by atoms with Crippen molar-refractivity contribution in [3.8, 4) is 11.3 Å². The third-order valence-electron chi connectivity index (χ3n) is 3.10. The van der Waals surface area contributed by atoms with Gasteiger partial charge in [0.05, 0.1) is 12.1 Å². The molecule has 1 aliphatic heterocycles. The van der Waals surface area contributed by atoms with Gasteiger partial charge in [-0.15, -0.1) is 0 Å². The average molecular weight is 254 g/mol. The van der Waals surface area contributed by atoms with Crippen molar-refractivity contribution < 1.29 is 4.79 Å². The van der Waals surface area contributed by atoms with Crippen LogP contribution in [0.3, 0.4) is 0 Å². The molecule has 0 aliphatic carbocycles. The number of amides is 1. The summed E-state index contributed by atoms with van der Waals surface area (Å²) in [5.41, 5.74) is 4.68. The van der Waals surface area contributed by atoms with Crippen molar-refractivity contribution in [2.24, 2.45) is 0 Å². The van der Waals surface area contributed by atoms with Crippen molar-refractivity contribution in [2.75, 3.05) is 17.7 Å². The molecule has 19 heavy (non-hydrogen) atoms. The van der Waals surface area contributed by atoms with Gasteiger partial charge >= 0.3 is 0 Å². The first kappa shape index (κ1) is 11.6. The van der Waals surface area contributed by atoms with Crippen molar-refractivity contribution >= 4 is 17.5 Å². The number of carbonyl (C=O) groups excluding carboxylic acids is 1. The van der Waals surface area contributed by atoms with E-state index in [0.29, 0.717) is 12.4 Å². The van der Waals surface area contributed by atoms with Gasteiger partial charge in [0.1, 0.15) is 0 Å². The molecular weight excluding hydrogens is 240 g/mol. The lowest BCUT2D eigenvalue weighted by Crippen LogP contribution is -2.03. The largest absolute Gasteiger partial charge is 0.357 e. The molecule has 2 heterocycles. The molecule has 96 valence electrons. The summed E-state index contributed by atoms with van der Waals surface area (Å²) in [5.74, 6) is 0.645. The van der Waals surface area contributed by atoms with E-state index in [1.54, 1.807) is 7.05 Å². The summed E-state index contributed by atoms with van der Waals surface area (Å²) in [7, 11) is 1.80. The van der Waals surface area contributed by atoms with Gasteiger partial charge in [0.15, 0.2) is 0 Å². The molecule has 5 heteroatoms. The van der Waals surface area contributed by atoms with Gasteiger partial charge < -0.3 is 10.6 Å². The van der Waals surface area contributed by atoms with Gasteiger partial charge in [0.25, 0.3) is 0 Å². The van der Waals surface area contributed by atoms with Crippen LogP contribution in [0.5, 0.6) is 0 Å².